The van der Waals surface area contributed by atoms with Crippen LogP contribution in [0.3, 0.4) is 0 Å². The Balaban J connectivity index is 1.56. The van der Waals surface area contributed by atoms with Crippen LogP contribution in [0.2, 0.25) is 5.15 Å². The third-order valence-corrected chi connectivity index (χ3v) is 7.10. The smallest absolute Gasteiger partial charge is 0.264 e. The number of halogens is 1. The number of nitrogens with one attached hydrogen (secondary N) is 1. The summed E-state index contributed by atoms with van der Waals surface area (Å²) in [4.78, 5) is 17.1. The molecule has 0 unspecified atom stereocenters. The van der Waals surface area contributed by atoms with Crippen molar-refractivity contribution in [3.8, 4) is 0 Å². The molecule has 0 fully saturated rings. The third-order valence-electron chi connectivity index (χ3n) is 5.01. The number of aromatic nitrogens is 1. The van der Waals surface area contributed by atoms with Crippen molar-refractivity contribution in [1.29, 1.82) is 0 Å². The Bertz CT molecular complexity index is 1470. The van der Waals surface area contributed by atoms with Gasteiger partial charge in [0.25, 0.3) is 15.9 Å². The molecule has 0 aliphatic carbocycles. The van der Waals surface area contributed by atoms with Crippen LogP contribution in [0.5, 0.6) is 0 Å². The number of para-hydroxylation sites is 1. The first-order chi connectivity index (χ1) is 16.3. The zero-order valence-corrected chi connectivity index (χ0v) is 19.8. The Hall–Kier alpha value is -3.75. The molecule has 0 saturated heterocycles. The molecule has 0 atom stereocenters. The van der Waals surface area contributed by atoms with Gasteiger partial charge in [0, 0.05) is 10.9 Å². The zero-order chi connectivity index (χ0) is 24.1. The lowest BCUT2D eigenvalue weighted by molar-refractivity contribution is -0.119. The fourth-order valence-electron chi connectivity index (χ4n) is 3.36. The predicted octanol–water partition coefficient (Wildman–Crippen LogP) is 4.54. The Morgan fingerprint density at radius 3 is 2.53 bits per heavy atom. The van der Waals surface area contributed by atoms with Gasteiger partial charge in [-0.3, -0.25) is 9.10 Å². The van der Waals surface area contributed by atoms with Crippen molar-refractivity contribution in [1.82, 2.24) is 10.4 Å². The van der Waals surface area contributed by atoms with E-state index in [1.807, 2.05) is 37.3 Å². The number of amides is 1. The van der Waals surface area contributed by atoms with E-state index in [-0.39, 0.29) is 10.0 Å². The Morgan fingerprint density at radius 1 is 1.03 bits per heavy atom. The highest BCUT2D eigenvalue weighted by molar-refractivity contribution is 7.92. The number of hydrogen-bond acceptors (Lipinski definition) is 5. The quantitative estimate of drug-likeness (QED) is 0.233. The van der Waals surface area contributed by atoms with Crippen LogP contribution in [-0.2, 0) is 14.8 Å². The van der Waals surface area contributed by atoms with Gasteiger partial charge in [0.05, 0.1) is 22.3 Å². The first-order valence-corrected chi connectivity index (χ1v) is 12.2. The van der Waals surface area contributed by atoms with Crippen molar-refractivity contribution in [2.75, 3.05) is 10.8 Å². The minimum Gasteiger partial charge on any atom is -0.271 e. The molecule has 34 heavy (non-hydrogen) atoms. The van der Waals surface area contributed by atoms with Gasteiger partial charge < -0.3 is 0 Å². The fraction of sp³-hybridized carbons (Fsp3) is 0.0800. The van der Waals surface area contributed by atoms with Crippen LogP contribution in [0.4, 0.5) is 5.69 Å². The number of hydrogen-bond donors (Lipinski definition) is 1. The van der Waals surface area contributed by atoms with Crippen LogP contribution < -0.4 is 9.73 Å². The number of carbonyl (C=O) groups is 1. The molecule has 4 rings (SSSR count). The van der Waals surface area contributed by atoms with Gasteiger partial charge in [-0.05, 0) is 48.9 Å². The van der Waals surface area contributed by atoms with Gasteiger partial charge in [-0.1, -0.05) is 60.1 Å². The van der Waals surface area contributed by atoms with E-state index < -0.39 is 22.5 Å². The summed E-state index contributed by atoms with van der Waals surface area (Å²) in [7, 11) is -3.98. The number of anilines is 1. The highest BCUT2D eigenvalue weighted by atomic mass is 35.5. The molecule has 9 heteroatoms. The normalized spacial score (nSPS) is 11.6. The molecule has 4 aromatic rings. The van der Waals surface area contributed by atoms with E-state index in [2.05, 4.69) is 15.5 Å². The maximum Gasteiger partial charge on any atom is 0.264 e. The summed E-state index contributed by atoms with van der Waals surface area (Å²) in [6.45, 7) is 1.39. The van der Waals surface area contributed by atoms with Gasteiger partial charge >= 0.3 is 0 Å². The second kappa shape index (κ2) is 10.0. The SMILES string of the molecule is Cc1cccc(N(CC(=O)NN=Cc2cc3ccccc3nc2Cl)S(=O)(=O)c2ccccc2)c1. The van der Waals surface area contributed by atoms with Gasteiger partial charge in [-0.2, -0.15) is 5.10 Å². The summed E-state index contributed by atoms with van der Waals surface area (Å²) in [5.74, 6) is -0.609. The Morgan fingerprint density at radius 2 is 1.76 bits per heavy atom. The lowest BCUT2D eigenvalue weighted by Gasteiger charge is -2.24. The van der Waals surface area contributed by atoms with Gasteiger partial charge in [-0.15, -0.1) is 0 Å². The van der Waals surface area contributed by atoms with Crippen LogP contribution in [0, 0.1) is 6.92 Å². The predicted molar refractivity (Wildman–Crippen MR) is 135 cm³/mol. The number of aryl methyl sites for hydroxylation is 1. The number of benzene rings is 3. The molecule has 3 aromatic carbocycles. The van der Waals surface area contributed by atoms with Crippen molar-refractivity contribution in [2.24, 2.45) is 5.10 Å². The Labute approximate surface area is 202 Å². The number of rotatable bonds is 7. The van der Waals surface area contributed by atoms with Gasteiger partial charge in [0.1, 0.15) is 11.7 Å². The van der Waals surface area contributed by atoms with Crippen molar-refractivity contribution >= 4 is 50.3 Å². The van der Waals surface area contributed by atoms with E-state index in [4.69, 9.17) is 11.6 Å². The number of sulfonamides is 1. The van der Waals surface area contributed by atoms with Crippen molar-refractivity contribution in [3.63, 3.8) is 0 Å². The second-order valence-electron chi connectivity index (χ2n) is 7.52. The standard InChI is InChI=1S/C25H21ClN4O3S/c1-18-8-7-10-21(14-18)30(34(32,33)22-11-3-2-4-12-22)17-24(31)29-27-16-20-15-19-9-5-6-13-23(19)28-25(20)26/h2-16H,17H2,1H3,(H,29,31). The molecule has 0 bridgehead atoms. The molecule has 0 saturated carbocycles. The van der Waals surface area contributed by atoms with E-state index in [1.54, 1.807) is 42.5 Å². The monoisotopic (exact) mass is 492 g/mol. The number of hydrazone groups is 1. The van der Waals surface area contributed by atoms with Gasteiger partial charge in [0.15, 0.2) is 0 Å². The number of fused-ring (bicyclic) bond motifs is 1. The maximum atomic E-state index is 13.3. The molecule has 172 valence electrons. The van der Waals surface area contributed by atoms with E-state index >= 15 is 0 Å². The molecule has 0 aliphatic heterocycles. The van der Waals surface area contributed by atoms with Crippen LogP contribution in [0.25, 0.3) is 10.9 Å². The first-order valence-electron chi connectivity index (χ1n) is 10.4. The Kier molecular flexibility index (Phi) is 6.90. The third kappa shape index (κ3) is 5.24. The van der Waals surface area contributed by atoms with Gasteiger partial charge in [-0.25, -0.2) is 18.8 Å². The van der Waals surface area contributed by atoms with E-state index in [0.717, 1.165) is 20.8 Å². The molecule has 1 heterocycles. The highest BCUT2D eigenvalue weighted by Gasteiger charge is 2.27. The molecular formula is C25H21ClN4O3S. The first kappa shape index (κ1) is 23.4. The van der Waals surface area contributed by atoms with E-state index in [1.165, 1.54) is 18.3 Å². The topological polar surface area (TPSA) is 91.7 Å². The van der Waals surface area contributed by atoms with Crippen molar-refractivity contribution in [2.45, 2.75) is 11.8 Å². The summed E-state index contributed by atoms with van der Waals surface area (Å²) in [5, 5.41) is 5.07. The molecule has 7 nitrogen and oxygen atoms in total. The number of carbonyl (C=O) groups excluding carboxylic acids is 1. The second-order valence-corrected chi connectivity index (χ2v) is 9.74. The maximum absolute atomic E-state index is 13.3. The van der Waals surface area contributed by atoms with Crippen LogP contribution in [-0.4, -0.2) is 32.1 Å². The lowest BCUT2D eigenvalue weighted by Crippen LogP contribution is -2.39. The molecule has 0 radical (unpaired) electrons. The van der Waals surface area contributed by atoms with Crippen molar-refractivity contribution in [3.05, 3.63) is 101 Å². The molecule has 1 N–H and O–H groups in total. The van der Waals surface area contributed by atoms with Gasteiger partial charge in [0.2, 0.25) is 0 Å². The summed E-state index contributed by atoms with van der Waals surface area (Å²) in [6, 6.07) is 24.2. The minimum absolute atomic E-state index is 0.0850. The largest absolute Gasteiger partial charge is 0.271 e. The summed E-state index contributed by atoms with van der Waals surface area (Å²) in [5.41, 5.74) is 4.89. The molecule has 1 aromatic heterocycles. The summed E-state index contributed by atoms with van der Waals surface area (Å²) < 4.78 is 27.7. The fourth-order valence-corrected chi connectivity index (χ4v) is 4.99. The van der Waals surface area contributed by atoms with Crippen LogP contribution >= 0.6 is 11.6 Å². The van der Waals surface area contributed by atoms with Crippen LogP contribution in [0.1, 0.15) is 11.1 Å². The average molecular weight is 493 g/mol. The van der Waals surface area contributed by atoms with E-state index in [9.17, 15) is 13.2 Å². The van der Waals surface area contributed by atoms with Crippen molar-refractivity contribution < 1.29 is 13.2 Å². The average Bonchev–Trinajstić information content (AvgIpc) is 2.83. The highest BCUT2D eigenvalue weighted by Crippen LogP contribution is 2.24. The summed E-state index contributed by atoms with van der Waals surface area (Å²) >= 11 is 6.22. The molecular weight excluding hydrogens is 472 g/mol. The summed E-state index contributed by atoms with van der Waals surface area (Å²) in [6.07, 6.45) is 1.38. The number of pyridine rings is 1. The zero-order valence-electron chi connectivity index (χ0n) is 18.2. The lowest BCUT2D eigenvalue weighted by atomic mass is 10.2. The molecule has 0 spiro atoms. The minimum atomic E-state index is -3.98. The molecule has 0 aliphatic rings. The molecule has 1 amide bonds. The van der Waals surface area contributed by atoms with E-state index in [0.29, 0.717) is 11.3 Å². The number of nitrogens with zero attached hydrogens (tertiary/aromatic N) is 3. The van der Waals surface area contributed by atoms with Crippen LogP contribution in [0.15, 0.2) is 94.9 Å².